The number of rotatable bonds is 4. The Morgan fingerprint density at radius 1 is 1.15 bits per heavy atom. The molecule has 0 aliphatic heterocycles. The van der Waals surface area contributed by atoms with Gasteiger partial charge in [-0.1, -0.05) is 29.8 Å². The van der Waals surface area contributed by atoms with Crippen LogP contribution in [0.4, 0.5) is 0 Å². The van der Waals surface area contributed by atoms with Crippen LogP contribution in [0.2, 0.25) is 0 Å². The van der Waals surface area contributed by atoms with E-state index in [4.69, 9.17) is 5.26 Å². The molecule has 0 unspecified atom stereocenters. The summed E-state index contributed by atoms with van der Waals surface area (Å²) in [6.45, 7) is 2.06. The molecule has 20 heavy (non-hydrogen) atoms. The van der Waals surface area contributed by atoms with Gasteiger partial charge < -0.3 is 0 Å². The SMILES string of the molecule is Cc1ccc(S(=O)(=O)NCc2cccc(C#N)c2)cc1. The average molecular weight is 286 g/mol. The summed E-state index contributed by atoms with van der Waals surface area (Å²) in [5.41, 5.74) is 2.27. The molecule has 0 atom stereocenters. The quantitative estimate of drug-likeness (QED) is 0.938. The van der Waals surface area contributed by atoms with Crippen LogP contribution in [0.3, 0.4) is 0 Å². The van der Waals surface area contributed by atoms with E-state index in [2.05, 4.69) is 4.72 Å². The Morgan fingerprint density at radius 2 is 1.85 bits per heavy atom. The molecule has 102 valence electrons. The fourth-order valence-corrected chi connectivity index (χ4v) is 2.75. The van der Waals surface area contributed by atoms with Gasteiger partial charge in [-0.2, -0.15) is 5.26 Å². The van der Waals surface area contributed by atoms with Crippen molar-refractivity contribution < 1.29 is 8.42 Å². The van der Waals surface area contributed by atoms with Crippen molar-refractivity contribution in [3.05, 3.63) is 65.2 Å². The molecular weight excluding hydrogens is 272 g/mol. The monoisotopic (exact) mass is 286 g/mol. The van der Waals surface area contributed by atoms with E-state index in [1.165, 1.54) is 0 Å². The minimum atomic E-state index is -3.53. The molecule has 0 aromatic heterocycles. The highest BCUT2D eigenvalue weighted by Crippen LogP contribution is 2.11. The summed E-state index contributed by atoms with van der Waals surface area (Å²) in [7, 11) is -3.53. The first kappa shape index (κ1) is 14.3. The van der Waals surface area contributed by atoms with Crippen molar-refractivity contribution in [2.75, 3.05) is 0 Å². The summed E-state index contributed by atoms with van der Waals surface area (Å²) in [5.74, 6) is 0. The highest BCUT2D eigenvalue weighted by Gasteiger charge is 2.13. The van der Waals surface area contributed by atoms with Gasteiger partial charge in [0.15, 0.2) is 0 Å². The lowest BCUT2D eigenvalue weighted by Crippen LogP contribution is -2.23. The Morgan fingerprint density at radius 3 is 2.50 bits per heavy atom. The second-order valence-corrected chi connectivity index (χ2v) is 6.22. The average Bonchev–Trinajstić information content (AvgIpc) is 2.46. The third kappa shape index (κ3) is 3.44. The van der Waals surface area contributed by atoms with Crippen LogP contribution in [0.25, 0.3) is 0 Å². The fourth-order valence-electron chi connectivity index (χ4n) is 1.73. The first-order chi connectivity index (χ1) is 9.51. The Labute approximate surface area is 118 Å². The lowest BCUT2D eigenvalue weighted by Gasteiger charge is -2.07. The normalized spacial score (nSPS) is 11.0. The van der Waals surface area contributed by atoms with Crippen LogP contribution < -0.4 is 4.72 Å². The molecular formula is C15H14N2O2S. The molecule has 2 aromatic carbocycles. The van der Waals surface area contributed by atoms with Gasteiger partial charge in [0.05, 0.1) is 16.5 Å². The van der Waals surface area contributed by atoms with Gasteiger partial charge in [0.1, 0.15) is 0 Å². The van der Waals surface area contributed by atoms with Crippen LogP contribution in [-0.2, 0) is 16.6 Å². The van der Waals surface area contributed by atoms with Crippen LogP contribution in [0.5, 0.6) is 0 Å². The number of hydrogen-bond acceptors (Lipinski definition) is 3. The van der Waals surface area contributed by atoms with Gasteiger partial charge in [0, 0.05) is 6.54 Å². The molecule has 0 aliphatic rings. The summed E-state index contributed by atoms with van der Waals surface area (Å²) in [4.78, 5) is 0.236. The number of hydrogen-bond donors (Lipinski definition) is 1. The number of benzene rings is 2. The summed E-state index contributed by atoms with van der Waals surface area (Å²) in [6, 6.07) is 15.5. The standard InChI is InChI=1S/C15H14N2O2S/c1-12-5-7-15(8-6-12)20(18,19)17-11-14-4-2-3-13(9-14)10-16/h2-9,17H,11H2,1H3. The van der Waals surface area contributed by atoms with Crippen molar-refractivity contribution in [1.29, 1.82) is 5.26 Å². The Balaban J connectivity index is 2.13. The zero-order chi connectivity index (χ0) is 14.6. The lowest BCUT2D eigenvalue weighted by atomic mass is 10.1. The summed E-state index contributed by atoms with van der Waals surface area (Å²) < 4.78 is 26.7. The minimum absolute atomic E-state index is 0.158. The number of nitrogens with one attached hydrogen (secondary N) is 1. The third-order valence-electron chi connectivity index (χ3n) is 2.85. The second kappa shape index (κ2) is 5.87. The lowest BCUT2D eigenvalue weighted by molar-refractivity contribution is 0.581. The van der Waals surface area contributed by atoms with Crippen molar-refractivity contribution in [2.45, 2.75) is 18.4 Å². The molecule has 0 fully saturated rings. The molecule has 0 radical (unpaired) electrons. The molecule has 0 spiro atoms. The first-order valence-corrected chi connectivity index (χ1v) is 7.55. The van der Waals surface area contributed by atoms with Gasteiger partial charge in [0.2, 0.25) is 10.0 Å². The van der Waals surface area contributed by atoms with Crippen molar-refractivity contribution in [3.8, 4) is 6.07 Å². The van der Waals surface area contributed by atoms with Gasteiger partial charge in [-0.05, 0) is 36.8 Å². The van der Waals surface area contributed by atoms with E-state index in [9.17, 15) is 8.42 Å². The van der Waals surface area contributed by atoms with E-state index in [-0.39, 0.29) is 11.4 Å². The van der Waals surface area contributed by atoms with Crippen LogP contribution in [0.1, 0.15) is 16.7 Å². The predicted molar refractivity (Wildman–Crippen MR) is 76.4 cm³/mol. The highest BCUT2D eigenvalue weighted by molar-refractivity contribution is 7.89. The largest absolute Gasteiger partial charge is 0.240 e. The minimum Gasteiger partial charge on any atom is -0.207 e. The zero-order valence-corrected chi connectivity index (χ0v) is 11.8. The third-order valence-corrected chi connectivity index (χ3v) is 4.27. The molecule has 0 saturated carbocycles. The topological polar surface area (TPSA) is 70.0 Å². The number of sulfonamides is 1. The molecule has 2 aromatic rings. The van der Waals surface area contributed by atoms with Crippen molar-refractivity contribution in [1.82, 2.24) is 4.72 Å². The number of nitriles is 1. The molecule has 4 nitrogen and oxygen atoms in total. The molecule has 0 heterocycles. The van der Waals surface area contributed by atoms with Crippen LogP contribution in [0, 0.1) is 18.3 Å². The van der Waals surface area contributed by atoms with Gasteiger partial charge in [-0.25, -0.2) is 13.1 Å². The molecule has 0 saturated heterocycles. The Kier molecular flexibility index (Phi) is 4.18. The van der Waals surface area contributed by atoms with Crippen molar-refractivity contribution in [3.63, 3.8) is 0 Å². The summed E-state index contributed by atoms with van der Waals surface area (Å²) in [5, 5.41) is 8.81. The van der Waals surface area contributed by atoms with Gasteiger partial charge in [-0.3, -0.25) is 0 Å². The zero-order valence-electron chi connectivity index (χ0n) is 11.0. The second-order valence-electron chi connectivity index (χ2n) is 4.45. The maximum atomic E-state index is 12.1. The van der Waals surface area contributed by atoms with E-state index < -0.39 is 10.0 Å². The van der Waals surface area contributed by atoms with Gasteiger partial charge in [-0.15, -0.1) is 0 Å². The van der Waals surface area contributed by atoms with E-state index in [0.717, 1.165) is 11.1 Å². The first-order valence-electron chi connectivity index (χ1n) is 6.07. The van der Waals surface area contributed by atoms with Gasteiger partial charge >= 0.3 is 0 Å². The number of aryl methyl sites for hydroxylation is 1. The predicted octanol–water partition coefficient (Wildman–Crippen LogP) is 2.35. The van der Waals surface area contributed by atoms with E-state index in [0.29, 0.717) is 5.56 Å². The Hall–Kier alpha value is -2.16. The van der Waals surface area contributed by atoms with Crippen molar-refractivity contribution in [2.24, 2.45) is 0 Å². The van der Waals surface area contributed by atoms with E-state index in [1.54, 1.807) is 48.5 Å². The van der Waals surface area contributed by atoms with E-state index >= 15 is 0 Å². The van der Waals surface area contributed by atoms with Crippen molar-refractivity contribution >= 4 is 10.0 Å². The molecule has 0 aliphatic carbocycles. The van der Waals surface area contributed by atoms with Crippen LogP contribution in [-0.4, -0.2) is 8.42 Å². The van der Waals surface area contributed by atoms with E-state index in [1.807, 2.05) is 13.0 Å². The van der Waals surface area contributed by atoms with Crippen LogP contribution >= 0.6 is 0 Å². The smallest absolute Gasteiger partial charge is 0.207 e. The maximum Gasteiger partial charge on any atom is 0.240 e. The summed E-state index contributed by atoms with van der Waals surface area (Å²) in [6.07, 6.45) is 0. The molecule has 1 N–H and O–H groups in total. The number of nitrogens with zero attached hydrogens (tertiary/aromatic N) is 1. The summed E-state index contributed by atoms with van der Waals surface area (Å²) >= 11 is 0. The molecule has 5 heteroatoms. The molecule has 0 amide bonds. The molecule has 2 rings (SSSR count). The highest BCUT2D eigenvalue weighted by atomic mass is 32.2. The Bertz CT molecular complexity index is 744. The fraction of sp³-hybridized carbons (Fsp3) is 0.133. The van der Waals surface area contributed by atoms with Crippen LogP contribution in [0.15, 0.2) is 53.4 Å². The maximum absolute atomic E-state index is 12.1. The molecule has 0 bridgehead atoms. The van der Waals surface area contributed by atoms with Gasteiger partial charge in [0.25, 0.3) is 0 Å².